The number of hydrogen-bond acceptors (Lipinski definition) is 4. The van der Waals surface area contributed by atoms with Crippen LogP contribution in [-0.2, 0) is 0 Å². The lowest BCUT2D eigenvalue weighted by Gasteiger charge is -2.07. The van der Waals surface area contributed by atoms with Crippen LogP contribution in [0.3, 0.4) is 0 Å². The summed E-state index contributed by atoms with van der Waals surface area (Å²) < 4.78 is 0. The Hall–Kier alpha value is -0.610. The van der Waals surface area contributed by atoms with Gasteiger partial charge >= 0.3 is 0 Å². The van der Waals surface area contributed by atoms with Gasteiger partial charge in [0, 0.05) is 25.5 Å². The molecule has 68 valence electrons. The molecule has 1 N–H and O–H groups in total. The zero-order chi connectivity index (χ0) is 9.14. The summed E-state index contributed by atoms with van der Waals surface area (Å²) in [4.78, 5) is 6.49. The van der Waals surface area contributed by atoms with Gasteiger partial charge in [-0.3, -0.25) is 0 Å². The average molecular weight is 185 g/mol. The van der Waals surface area contributed by atoms with E-state index in [0.29, 0.717) is 6.04 Å². The lowest BCUT2D eigenvalue weighted by atomic mass is 10.3. The summed E-state index contributed by atoms with van der Waals surface area (Å²) in [7, 11) is 5.96. The molecule has 12 heavy (non-hydrogen) atoms. The first-order valence-corrected chi connectivity index (χ1v) is 4.83. The molecule has 1 aromatic rings. The van der Waals surface area contributed by atoms with Gasteiger partial charge in [0.05, 0.1) is 5.69 Å². The summed E-state index contributed by atoms with van der Waals surface area (Å²) in [5.74, 6) is 0. The summed E-state index contributed by atoms with van der Waals surface area (Å²) in [6, 6.07) is 0.343. The van der Waals surface area contributed by atoms with Gasteiger partial charge in [-0.25, -0.2) is 4.98 Å². The van der Waals surface area contributed by atoms with Crippen molar-refractivity contribution >= 4 is 16.5 Å². The zero-order valence-electron chi connectivity index (χ0n) is 7.96. The number of nitrogens with one attached hydrogen (secondary N) is 1. The van der Waals surface area contributed by atoms with Crippen molar-refractivity contribution in [3.05, 3.63) is 11.1 Å². The molecule has 1 aromatic heterocycles. The molecule has 0 saturated carbocycles. The first-order chi connectivity index (χ1) is 5.65. The van der Waals surface area contributed by atoms with Crippen molar-refractivity contribution in [2.24, 2.45) is 0 Å². The Balaban J connectivity index is 2.77. The predicted molar refractivity (Wildman–Crippen MR) is 53.9 cm³/mol. The smallest absolute Gasteiger partial charge is 0.185 e. The molecule has 1 heterocycles. The van der Waals surface area contributed by atoms with E-state index in [1.807, 2.05) is 26.0 Å². The average Bonchev–Trinajstić information content (AvgIpc) is 2.51. The molecule has 0 aromatic carbocycles. The third kappa shape index (κ3) is 1.95. The highest BCUT2D eigenvalue weighted by Gasteiger charge is 2.08. The molecule has 0 saturated heterocycles. The van der Waals surface area contributed by atoms with Gasteiger partial charge in [0.25, 0.3) is 0 Å². The van der Waals surface area contributed by atoms with Crippen molar-refractivity contribution in [3.8, 4) is 0 Å². The lowest BCUT2D eigenvalue weighted by molar-refractivity contribution is 0.637. The maximum atomic E-state index is 4.46. The Kier molecular flexibility index (Phi) is 3.05. The minimum Gasteiger partial charge on any atom is -0.354 e. The van der Waals surface area contributed by atoms with E-state index in [1.54, 1.807) is 11.3 Å². The van der Waals surface area contributed by atoms with Crippen LogP contribution in [0.2, 0.25) is 0 Å². The molecule has 1 rings (SSSR count). The topological polar surface area (TPSA) is 28.2 Å². The van der Waals surface area contributed by atoms with E-state index in [-0.39, 0.29) is 0 Å². The molecule has 0 bridgehead atoms. The predicted octanol–water partition coefficient (Wildman–Crippen LogP) is 1.49. The second-order valence-electron chi connectivity index (χ2n) is 2.96. The molecule has 0 aliphatic heterocycles. The number of nitrogens with zero attached hydrogens (tertiary/aromatic N) is 2. The summed E-state index contributed by atoms with van der Waals surface area (Å²) in [5.41, 5.74) is 1.12. The molecule has 0 amide bonds. The van der Waals surface area contributed by atoms with Crippen LogP contribution in [0.5, 0.6) is 0 Å². The monoisotopic (exact) mass is 185 g/mol. The van der Waals surface area contributed by atoms with E-state index in [4.69, 9.17) is 0 Å². The molecule has 4 heteroatoms. The Bertz CT molecular complexity index is 244. The third-order valence-corrected chi connectivity index (χ3v) is 2.80. The van der Waals surface area contributed by atoms with Crippen LogP contribution in [0.15, 0.2) is 5.38 Å². The standard InChI is InChI=1S/C8H15N3S/c1-6(9-2)7-5-12-8(10-7)11(3)4/h5-6,9H,1-4H3. The fourth-order valence-electron chi connectivity index (χ4n) is 0.828. The van der Waals surface area contributed by atoms with E-state index in [9.17, 15) is 0 Å². The first-order valence-electron chi connectivity index (χ1n) is 3.95. The van der Waals surface area contributed by atoms with E-state index < -0.39 is 0 Å². The van der Waals surface area contributed by atoms with Crippen LogP contribution in [0.4, 0.5) is 5.13 Å². The normalized spacial score (nSPS) is 13.0. The van der Waals surface area contributed by atoms with Gasteiger partial charge in [-0.1, -0.05) is 0 Å². The molecule has 0 fully saturated rings. The van der Waals surface area contributed by atoms with Gasteiger partial charge < -0.3 is 10.2 Å². The lowest BCUT2D eigenvalue weighted by Crippen LogP contribution is -2.13. The third-order valence-electron chi connectivity index (χ3n) is 1.77. The van der Waals surface area contributed by atoms with Gasteiger partial charge in [0.2, 0.25) is 0 Å². The first kappa shape index (κ1) is 9.48. The van der Waals surface area contributed by atoms with Crippen LogP contribution < -0.4 is 10.2 Å². The van der Waals surface area contributed by atoms with Crippen LogP contribution in [0, 0.1) is 0 Å². The second kappa shape index (κ2) is 3.87. The van der Waals surface area contributed by atoms with Gasteiger partial charge in [-0.2, -0.15) is 0 Å². The minimum atomic E-state index is 0.343. The fourth-order valence-corrected chi connectivity index (χ4v) is 1.68. The van der Waals surface area contributed by atoms with E-state index in [1.165, 1.54) is 0 Å². The van der Waals surface area contributed by atoms with Crippen LogP contribution >= 0.6 is 11.3 Å². The number of hydrogen-bond donors (Lipinski definition) is 1. The number of aromatic nitrogens is 1. The SMILES string of the molecule is CNC(C)c1csc(N(C)C)n1. The van der Waals surface area contributed by atoms with Crippen molar-refractivity contribution in [3.63, 3.8) is 0 Å². The van der Waals surface area contributed by atoms with Crippen molar-refractivity contribution in [1.29, 1.82) is 0 Å². The van der Waals surface area contributed by atoms with Crippen LogP contribution in [0.25, 0.3) is 0 Å². The molecule has 0 radical (unpaired) electrons. The van der Waals surface area contributed by atoms with E-state index >= 15 is 0 Å². The summed E-state index contributed by atoms with van der Waals surface area (Å²) in [6.07, 6.45) is 0. The maximum absolute atomic E-state index is 4.46. The van der Waals surface area contributed by atoms with E-state index in [2.05, 4.69) is 22.6 Å². The molecule has 0 aliphatic carbocycles. The quantitative estimate of drug-likeness (QED) is 0.773. The van der Waals surface area contributed by atoms with Gasteiger partial charge in [-0.05, 0) is 14.0 Å². The van der Waals surface area contributed by atoms with Crippen molar-refractivity contribution in [2.45, 2.75) is 13.0 Å². The molecule has 1 unspecified atom stereocenters. The van der Waals surface area contributed by atoms with Gasteiger partial charge in [0.1, 0.15) is 0 Å². The Morgan fingerprint density at radius 1 is 1.58 bits per heavy atom. The number of anilines is 1. The molecular weight excluding hydrogens is 170 g/mol. The van der Waals surface area contributed by atoms with Crippen LogP contribution in [0.1, 0.15) is 18.7 Å². The largest absolute Gasteiger partial charge is 0.354 e. The summed E-state index contributed by atoms with van der Waals surface area (Å²) in [6.45, 7) is 2.11. The van der Waals surface area contributed by atoms with Crippen molar-refractivity contribution < 1.29 is 0 Å². The Morgan fingerprint density at radius 3 is 2.67 bits per heavy atom. The second-order valence-corrected chi connectivity index (χ2v) is 3.80. The molecule has 1 atom stereocenters. The molecule has 0 spiro atoms. The summed E-state index contributed by atoms with van der Waals surface area (Å²) in [5, 5.41) is 6.31. The Morgan fingerprint density at radius 2 is 2.25 bits per heavy atom. The zero-order valence-corrected chi connectivity index (χ0v) is 8.77. The Labute approximate surface area is 77.4 Å². The molecule has 0 aliphatic rings. The highest BCUT2D eigenvalue weighted by atomic mass is 32.1. The van der Waals surface area contributed by atoms with Gasteiger partial charge in [-0.15, -0.1) is 11.3 Å². The van der Waals surface area contributed by atoms with E-state index in [0.717, 1.165) is 10.8 Å². The van der Waals surface area contributed by atoms with Crippen LogP contribution in [-0.4, -0.2) is 26.1 Å². The molecular formula is C8H15N3S. The minimum absolute atomic E-state index is 0.343. The van der Waals surface area contributed by atoms with Crippen molar-refractivity contribution in [1.82, 2.24) is 10.3 Å². The van der Waals surface area contributed by atoms with Crippen molar-refractivity contribution in [2.75, 3.05) is 26.0 Å². The maximum Gasteiger partial charge on any atom is 0.185 e. The highest BCUT2D eigenvalue weighted by molar-refractivity contribution is 7.13. The van der Waals surface area contributed by atoms with Gasteiger partial charge in [0.15, 0.2) is 5.13 Å². The molecule has 3 nitrogen and oxygen atoms in total. The number of rotatable bonds is 3. The highest BCUT2D eigenvalue weighted by Crippen LogP contribution is 2.21. The summed E-state index contributed by atoms with van der Waals surface area (Å²) >= 11 is 1.68. The number of thiazole rings is 1. The fraction of sp³-hybridized carbons (Fsp3) is 0.625.